The number of benzene rings is 2. The molecule has 192 valence electrons. The second-order valence-corrected chi connectivity index (χ2v) is 10.7. The van der Waals surface area contributed by atoms with E-state index < -0.39 is 11.7 Å². The predicted molar refractivity (Wildman–Crippen MR) is 136 cm³/mol. The number of rotatable bonds is 7. The van der Waals surface area contributed by atoms with E-state index in [1.807, 2.05) is 6.07 Å². The molecule has 0 radical (unpaired) electrons. The summed E-state index contributed by atoms with van der Waals surface area (Å²) in [6.45, 7) is 2.42. The number of hydrogen-bond donors (Lipinski definition) is 1. The molecule has 3 aromatic rings. The molecule has 0 unspecified atom stereocenters. The number of amides is 1. The highest BCUT2D eigenvalue weighted by atomic mass is 35.5. The first kappa shape index (κ1) is 26.6. The normalized spacial score (nSPS) is 20.3. The van der Waals surface area contributed by atoms with Crippen molar-refractivity contribution in [3.8, 4) is 11.3 Å². The highest BCUT2D eigenvalue weighted by molar-refractivity contribution is 7.14. The maximum absolute atomic E-state index is 13.4. The van der Waals surface area contributed by atoms with Gasteiger partial charge in [-0.2, -0.15) is 13.2 Å². The highest BCUT2D eigenvalue weighted by Crippen LogP contribution is 2.37. The third-order valence-electron chi connectivity index (χ3n) is 6.58. The first-order valence-corrected chi connectivity index (χ1v) is 13.0. The van der Waals surface area contributed by atoms with E-state index in [-0.39, 0.29) is 24.1 Å². The molecular weight excluding hydrogens is 511 g/mol. The molecule has 4 rings (SSSR count). The maximum atomic E-state index is 13.4. The summed E-state index contributed by atoms with van der Waals surface area (Å²) in [5, 5.41) is 12.4. The topological polar surface area (TPSA) is 53.4 Å². The summed E-state index contributed by atoms with van der Waals surface area (Å²) in [7, 11) is 2.11. The largest absolute Gasteiger partial charge is 0.416 e. The van der Waals surface area contributed by atoms with Crippen LogP contribution in [0.5, 0.6) is 0 Å². The van der Waals surface area contributed by atoms with E-state index in [4.69, 9.17) is 11.6 Å². The van der Waals surface area contributed by atoms with Gasteiger partial charge in [-0.3, -0.25) is 9.69 Å². The van der Waals surface area contributed by atoms with Crippen molar-refractivity contribution in [3.63, 3.8) is 0 Å². The minimum absolute atomic E-state index is 0.128. The van der Waals surface area contributed by atoms with Gasteiger partial charge in [0.1, 0.15) is 0 Å². The molecule has 1 aliphatic heterocycles. The van der Waals surface area contributed by atoms with E-state index >= 15 is 0 Å². The molecule has 1 N–H and O–H groups in total. The fourth-order valence-corrected chi connectivity index (χ4v) is 5.51. The number of likely N-dealkylation sites (tertiary alicyclic amines) is 1. The van der Waals surface area contributed by atoms with Gasteiger partial charge in [0.15, 0.2) is 5.13 Å². The molecule has 5 nitrogen and oxygen atoms in total. The molecular formula is C26H28ClF3N3O2S+. The van der Waals surface area contributed by atoms with Crippen molar-refractivity contribution in [2.45, 2.75) is 38.0 Å². The van der Waals surface area contributed by atoms with Crippen molar-refractivity contribution in [1.82, 2.24) is 4.98 Å². The number of thiazole rings is 1. The third-order valence-corrected chi connectivity index (χ3v) is 7.64. The Labute approximate surface area is 217 Å². The van der Waals surface area contributed by atoms with E-state index in [1.54, 1.807) is 23.6 Å². The lowest BCUT2D eigenvalue weighted by molar-refractivity contribution is -0.915. The summed E-state index contributed by atoms with van der Waals surface area (Å²) in [5.74, 6) is -0.315. The first-order chi connectivity index (χ1) is 17.0. The van der Waals surface area contributed by atoms with Crippen molar-refractivity contribution in [2.24, 2.45) is 0 Å². The van der Waals surface area contributed by atoms with Crippen molar-refractivity contribution < 1.29 is 27.6 Å². The molecule has 1 saturated heterocycles. The van der Waals surface area contributed by atoms with E-state index in [2.05, 4.69) is 12.0 Å². The number of aliphatic hydroxyl groups excluding tert-OH is 1. The molecule has 0 spiro atoms. The molecule has 36 heavy (non-hydrogen) atoms. The monoisotopic (exact) mass is 538 g/mol. The van der Waals surface area contributed by atoms with E-state index in [1.165, 1.54) is 28.4 Å². The van der Waals surface area contributed by atoms with Crippen LogP contribution in [-0.4, -0.2) is 53.3 Å². The van der Waals surface area contributed by atoms with Gasteiger partial charge < -0.3 is 9.59 Å². The Bertz CT molecular complexity index is 1210. The van der Waals surface area contributed by atoms with Crippen LogP contribution < -0.4 is 4.90 Å². The van der Waals surface area contributed by atoms with Gasteiger partial charge in [-0.25, -0.2) is 4.98 Å². The maximum Gasteiger partial charge on any atom is 0.416 e. The van der Waals surface area contributed by atoms with Crippen molar-refractivity contribution in [1.29, 1.82) is 0 Å². The quantitative estimate of drug-likeness (QED) is 0.348. The molecule has 1 amide bonds. The summed E-state index contributed by atoms with van der Waals surface area (Å²) in [6, 6.07) is 11.9. The number of nitrogens with zero attached hydrogens (tertiary/aromatic N) is 3. The second-order valence-electron chi connectivity index (χ2n) is 9.43. The van der Waals surface area contributed by atoms with Crippen LogP contribution in [0.25, 0.3) is 11.3 Å². The Kier molecular flexibility index (Phi) is 8.04. The van der Waals surface area contributed by atoms with Crippen LogP contribution in [0.4, 0.5) is 24.0 Å². The molecule has 0 atom stereocenters. The van der Waals surface area contributed by atoms with Crippen LogP contribution >= 0.6 is 22.9 Å². The predicted octanol–water partition coefficient (Wildman–Crippen LogP) is 6.53. The van der Waals surface area contributed by atoms with Crippen molar-refractivity contribution in [3.05, 3.63) is 64.5 Å². The van der Waals surface area contributed by atoms with Crippen LogP contribution in [0.2, 0.25) is 5.02 Å². The lowest BCUT2D eigenvalue weighted by Gasteiger charge is -2.39. The Morgan fingerprint density at radius 1 is 1.19 bits per heavy atom. The number of hydrogen-bond acceptors (Lipinski definition) is 4. The fraction of sp³-hybridized carbons (Fsp3) is 0.385. The minimum Gasteiger partial charge on any atom is -0.393 e. The average Bonchev–Trinajstić information content (AvgIpc) is 3.31. The molecule has 1 aliphatic rings. The standard InChI is InChI=1S/C26H28ClF3N3O2S/c1-33(13-10-22(34)11-14-33)12-4-9-24(35)32(21-8-3-6-19(16-21)26(28,29)30)25-31-23(17-36-25)18-5-2-7-20(27)15-18/h2-3,5-8,15-17,22,34H,4,9-14H2,1H3/q+1. The van der Waals surface area contributed by atoms with Gasteiger partial charge in [0.25, 0.3) is 0 Å². The van der Waals surface area contributed by atoms with Gasteiger partial charge in [-0.15, -0.1) is 11.3 Å². The SMILES string of the molecule is C[N+]1(CCCC(=O)N(c2cccc(C(F)(F)F)c2)c2nc(-c3cccc(Cl)c3)cs2)CCC(O)CC1. The molecule has 1 aromatic heterocycles. The average molecular weight is 539 g/mol. The van der Waals surface area contributed by atoms with Crippen molar-refractivity contribution in [2.75, 3.05) is 31.6 Å². The number of alkyl halides is 3. The van der Waals surface area contributed by atoms with Gasteiger partial charge in [-0.1, -0.05) is 29.8 Å². The second kappa shape index (κ2) is 10.9. The van der Waals surface area contributed by atoms with Gasteiger partial charge in [0, 0.05) is 41.6 Å². The molecule has 2 heterocycles. The molecule has 0 aliphatic carbocycles. The van der Waals surface area contributed by atoms with E-state index in [9.17, 15) is 23.1 Å². The zero-order valence-electron chi connectivity index (χ0n) is 19.8. The van der Waals surface area contributed by atoms with Crippen LogP contribution in [0.3, 0.4) is 0 Å². The number of carbonyl (C=O) groups is 1. The summed E-state index contributed by atoms with van der Waals surface area (Å²) in [5.41, 5.74) is 0.649. The minimum atomic E-state index is -4.53. The third kappa shape index (κ3) is 6.45. The zero-order chi connectivity index (χ0) is 25.9. The van der Waals surface area contributed by atoms with Crippen LogP contribution in [0.1, 0.15) is 31.2 Å². The number of aliphatic hydroxyl groups is 1. The van der Waals surface area contributed by atoms with Crippen LogP contribution in [0.15, 0.2) is 53.9 Å². The van der Waals surface area contributed by atoms with Gasteiger partial charge in [-0.05, 0) is 30.3 Å². The first-order valence-electron chi connectivity index (χ1n) is 11.8. The van der Waals surface area contributed by atoms with E-state index in [0.29, 0.717) is 22.3 Å². The Morgan fingerprint density at radius 3 is 2.61 bits per heavy atom. The lowest BCUT2D eigenvalue weighted by atomic mass is 10.0. The van der Waals surface area contributed by atoms with Crippen molar-refractivity contribution >= 4 is 39.7 Å². The number of carbonyl (C=O) groups excluding carboxylic acids is 1. The Balaban J connectivity index is 1.59. The number of piperidine rings is 1. The summed E-state index contributed by atoms with van der Waals surface area (Å²) >= 11 is 7.29. The number of aromatic nitrogens is 1. The van der Waals surface area contributed by atoms with Gasteiger partial charge in [0.2, 0.25) is 5.91 Å². The number of anilines is 2. The van der Waals surface area contributed by atoms with Crippen LogP contribution in [0, 0.1) is 0 Å². The zero-order valence-corrected chi connectivity index (χ0v) is 21.4. The smallest absolute Gasteiger partial charge is 0.393 e. The Morgan fingerprint density at radius 2 is 1.92 bits per heavy atom. The summed E-state index contributed by atoms with van der Waals surface area (Å²) in [4.78, 5) is 19.3. The summed E-state index contributed by atoms with van der Waals surface area (Å²) < 4.78 is 41.1. The lowest BCUT2D eigenvalue weighted by Crippen LogP contribution is -2.51. The molecule has 1 fully saturated rings. The van der Waals surface area contributed by atoms with E-state index in [0.717, 1.165) is 54.7 Å². The van der Waals surface area contributed by atoms with Gasteiger partial charge in [0.05, 0.1) is 49.7 Å². The molecule has 0 saturated carbocycles. The molecule has 10 heteroatoms. The van der Waals surface area contributed by atoms with Crippen LogP contribution in [-0.2, 0) is 11.0 Å². The molecule has 2 aromatic carbocycles. The number of halogens is 4. The fourth-order valence-electron chi connectivity index (χ4n) is 4.45. The van der Waals surface area contributed by atoms with Gasteiger partial charge >= 0.3 is 6.18 Å². The summed E-state index contributed by atoms with van der Waals surface area (Å²) in [6.07, 6.45) is -2.60. The Hall–Kier alpha value is -2.46. The highest BCUT2D eigenvalue weighted by Gasteiger charge is 2.33. The molecule has 0 bridgehead atoms. The number of quaternary nitrogens is 1.